The first-order chi connectivity index (χ1) is 11.5. The topological polar surface area (TPSA) is 137 Å². The van der Waals surface area contributed by atoms with E-state index < -0.39 is 39.6 Å². The van der Waals surface area contributed by atoms with E-state index in [1.165, 1.54) is 19.3 Å². The zero-order valence-electron chi connectivity index (χ0n) is 18.1. The maximum absolute atomic E-state index is 11.3. The second-order valence-electron chi connectivity index (χ2n) is 7.05. The van der Waals surface area contributed by atoms with Crippen molar-refractivity contribution in [2.75, 3.05) is 0 Å². The Morgan fingerprint density at radius 2 is 1.21 bits per heavy atom. The Kier molecular flexibility index (Phi) is 25.9. The minimum atomic E-state index is -5.37. The maximum atomic E-state index is 11.3. The number of rotatable bonds is 15. The summed E-state index contributed by atoms with van der Waals surface area (Å²) in [5.41, 5.74) is 0. The Morgan fingerprint density at radius 1 is 0.821 bits per heavy atom. The van der Waals surface area contributed by atoms with Crippen molar-refractivity contribution in [3.05, 3.63) is 0 Å². The molecule has 0 aromatic carbocycles. The molecule has 0 spiro atoms. The SMILES string of the molecule is CC(C)CCCCCCCCCCC(CC(=O)[O-])(C(=O)[O-])S(=O)(=O)[O-].[Na+].[Na+].[Na+]. The van der Waals surface area contributed by atoms with E-state index in [2.05, 4.69) is 13.8 Å². The molecule has 0 bridgehead atoms. The summed E-state index contributed by atoms with van der Waals surface area (Å²) in [6, 6.07) is 0. The van der Waals surface area contributed by atoms with Gasteiger partial charge in [0.1, 0.15) is 14.9 Å². The van der Waals surface area contributed by atoms with Crippen LogP contribution in [0.5, 0.6) is 0 Å². The Morgan fingerprint density at radius 3 is 1.54 bits per heavy atom. The van der Waals surface area contributed by atoms with Gasteiger partial charge in [-0.1, -0.05) is 71.6 Å². The van der Waals surface area contributed by atoms with E-state index in [4.69, 9.17) is 0 Å². The van der Waals surface area contributed by atoms with Gasteiger partial charge < -0.3 is 24.4 Å². The van der Waals surface area contributed by atoms with E-state index in [1.54, 1.807) is 0 Å². The third kappa shape index (κ3) is 15.6. The predicted octanol–water partition coefficient (Wildman–Crippen LogP) is -8.27. The van der Waals surface area contributed by atoms with Gasteiger partial charge in [-0.15, -0.1) is 0 Å². The number of carboxylic acid groups (broad SMARTS) is 2. The molecule has 0 aliphatic rings. The predicted molar refractivity (Wildman–Crippen MR) is 88.1 cm³/mol. The number of carbonyl (C=O) groups excluding carboxylic acids is 2. The van der Waals surface area contributed by atoms with Crippen LogP contribution >= 0.6 is 0 Å². The van der Waals surface area contributed by atoms with Gasteiger partial charge in [0.25, 0.3) is 0 Å². The van der Waals surface area contributed by atoms with E-state index >= 15 is 0 Å². The van der Waals surface area contributed by atoms with E-state index in [0.29, 0.717) is 12.3 Å². The van der Waals surface area contributed by atoms with Gasteiger partial charge in [-0.3, -0.25) is 0 Å². The molecule has 0 aliphatic heterocycles. The Balaban J connectivity index is -0.000000960. The van der Waals surface area contributed by atoms with Crippen molar-refractivity contribution < 1.29 is 121 Å². The van der Waals surface area contributed by atoms with Crippen molar-refractivity contribution in [2.24, 2.45) is 5.92 Å². The van der Waals surface area contributed by atoms with Crippen LogP contribution in [0.25, 0.3) is 0 Å². The minimum Gasteiger partial charge on any atom is -0.747 e. The van der Waals surface area contributed by atoms with Crippen LogP contribution < -0.4 is 98.9 Å². The van der Waals surface area contributed by atoms with Gasteiger partial charge in [-0.05, 0) is 12.3 Å². The van der Waals surface area contributed by atoms with Crippen LogP contribution in [-0.4, -0.2) is 29.7 Å². The number of hydrogen-bond acceptors (Lipinski definition) is 7. The molecule has 0 rings (SSSR count). The molecule has 7 nitrogen and oxygen atoms in total. The molecule has 0 aromatic heterocycles. The Bertz CT molecular complexity index is 527. The van der Waals surface area contributed by atoms with Crippen molar-refractivity contribution in [3.8, 4) is 0 Å². The van der Waals surface area contributed by atoms with E-state index in [9.17, 15) is 32.8 Å². The van der Waals surface area contributed by atoms with Crippen LogP contribution in [-0.2, 0) is 19.7 Å². The first-order valence-electron chi connectivity index (χ1n) is 8.89. The zero-order valence-corrected chi connectivity index (χ0v) is 24.9. The molecule has 0 saturated carbocycles. The monoisotopic (exact) mass is 446 g/mol. The molecule has 1 atom stereocenters. The van der Waals surface area contributed by atoms with Crippen LogP contribution in [0.4, 0.5) is 0 Å². The van der Waals surface area contributed by atoms with Crippen LogP contribution in [0.3, 0.4) is 0 Å². The molecule has 1 unspecified atom stereocenters. The van der Waals surface area contributed by atoms with Crippen LogP contribution in [0, 0.1) is 5.92 Å². The molecule has 0 heterocycles. The van der Waals surface area contributed by atoms with Gasteiger partial charge in [0, 0.05) is 12.4 Å². The third-order valence-corrected chi connectivity index (χ3v) is 5.86. The number of carboxylic acids is 2. The van der Waals surface area contributed by atoms with Crippen molar-refractivity contribution in [2.45, 2.75) is 89.2 Å². The quantitative estimate of drug-likeness (QED) is 0.138. The summed E-state index contributed by atoms with van der Waals surface area (Å²) in [6.07, 6.45) is 6.19. The summed E-state index contributed by atoms with van der Waals surface area (Å²) in [4.78, 5) is 21.8. The Labute approximate surface area is 235 Å². The molecular formula is C17H29Na3O7S. The van der Waals surface area contributed by atoms with Gasteiger partial charge in [-0.2, -0.15) is 0 Å². The molecule has 0 N–H and O–H groups in total. The number of aliphatic carboxylic acids is 2. The molecule has 0 aliphatic carbocycles. The van der Waals surface area contributed by atoms with Crippen molar-refractivity contribution in [1.82, 2.24) is 0 Å². The van der Waals surface area contributed by atoms with Gasteiger partial charge >= 0.3 is 88.7 Å². The van der Waals surface area contributed by atoms with Crippen molar-refractivity contribution >= 4 is 22.1 Å². The average Bonchev–Trinajstić information content (AvgIpc) is 2.45. The fraction of sp³-hybridized carbons (Fsp3) is 0.882. The molecule has 0 radical (unpaired) electrons. The largest absolute Gasteiger partial charge is 1.00 e. The summed E-state index contributed by atoms with van der Waals surface area (Å²) in [5.74, 6) is -3.36. The zero-order chi connectivity index (χ0) is 19.5. The van der Waals surface area contributed by atoms with Gasteiger partial charge in [0.05, 0.1) is 5.97 Å². The number of unbranched alkanes of at least 4 members (excludes halogenated alkanes) is 7. The van der Waals surface area contributed by atoms with Crippen LogP contribution in [0.15, 0.2) is 0 Å². The van der Waals surface area contributed by atoms with Crippen molar-refractivity contribution in [1.29, 1.82) is 0 Å². The maximum Gasteiger partial charge on any atom is 1.00 e. The summed E-state index contributed by atoms with van der Waals surface area (Å²) in [7, 11) is -5.37. The molecule has 148 valence electrons. The first-order valence-corrected chi connectivity index (χ1v) is 10.3. The summed E-state index contributed by atoms with van der Waals surface area (Å²) in [5, 5.41) is 21.8. The van der Waals surface area contributed by atoms with E-state index in [-0.39, 0.29) is 95.1 Å². The molecule has 0 aromatic rings. The summed E-state index contributed by atoms with van der Waals surface area (Å²) in [6.45, 7) is 4.38. The smallest absolute Gasteiger partial charge is 0.747 e. The summed E-state index contributed by atoms with van der Waals surface area (Å²) >= 11 is 0. The fourth-order valence-corrected chi connectivity index (χ4v) is 3.73. The number of carbonyl (C=O) groups is 2. The second-order valence-corrected chi connectivity index (χ2v) is 8.74. The van der Waals surface area contributed by atoms with E-state index in [0.717, 1.165) is 25.7 Å². The molecule has 0 saturated heterocycles. The van der Waals surface area contributed by atoms with Gasteiger partial charge in [0.2, 0.25) is 0 Å². The van der Waals surface area contributed by atoms with Crippen LogP contribution in [0.1, 0.15) is 84.5 Å². The van der Waals surface area contributed by atoms with Gasteiger partial charge in [0.15, 0.2) is 0 Å². The fourth-order valence-electron chi connectivity index (χ4n) is 2.84. The minimum absolute atomic E-state index is 0. The van der Waals surface area contributed by atoms with E-state index in [1.807, 2.05) is 0 Å². The molecule has 0 amide bonds. The first kappa shape index (κ1) is 37.2. The molecular weight excluding hydrogens is 417 g/mol. The second kappa shape index (κ2) is 19.5. The average molecular weight is 446 g/mol. The molecule has 0 fully saturated rings. The van der Waals surface area contributed by atoms with Gasteiger partial charge in [-0.25, -0.2) is 8.42 Å². The van der Waals surface area contributed by atoms with Crippen molar-refractivity contribution in [3.63, 3.8) is 0 Å². The molecule has 11 heteroatoms. The number of hydrogen-bond donors (Lipinski definition) is 0. The third-order valence-electron chi connectivity index (χ3n) is 4.39. The Hall–Kier alpha value is 1.85. The van der Waals surface area contributed by atoms with Crippen LogP contribution in [0.2, 0.25) is 0 Å². The standard InChI is InChI=1S/C17H32O7S.3Na/c1-14(2)11-9-7-5-3-4-6-8-10-12-17(16(20)21,13-15(18)19)25(22,23)24;;;/h14H,3-13H2,1-2H3,(H,18,19)(H,20,21)(H,22,23,24);;;/q;3*+1/p-3. The molecule has 28 heavy (non-hydrogen) atoms. The normalized spacial score (nSPS) is 12.9. The summed E-state index contributed by atoms with van der Waals surface area (Å²) < 4.78 is 30.9.